The Morgan fingerprint density at radius 2 is 1.80 bits per heavy atom. The number of hydrogen-bond donors (Lipinski definition) is 1. The number of benzene rings is 2. The van der Waals surface area contributed by atoms with Crippen LogP contribution in [-0.2, 0) is 6.42 Å². The summed E-state index contributed by atoms with van der Waals surface area (Å²) in [6, 6.07) is 15.2. The highest BCUT2D eigenvalue weighted by Crippen LogP contribution is 2.29. The summed E-state index contributed by atoms with van der Waals surface area (Å²) in [4.78, 5) is 12.0. The molecular weight excluding hydrogens is 319 g/mol. The van der Waals surface area contributed by atoms with Crippen molar-refractivity contribution in [2.45, 2.75) is 26.2 Å². The molecule has 25 heavy (non-hydrogen) atoms. The highest BCUT2D eigenvalue weighted by molar-refractivity contribution is 5.96. The first-order chi connectivity index (χ1) is 12.1. The molecule has 0 atom stereocenters. The van der Waals surface area contributed by atoms with Gasteiger partial charge in [-0.3, -0.25) is 0 Å². The first-order valence-electron chi connectivity index (χ1n) is 8.28. The van der Waals surface area contributed by atoms with Crippen molar-refractivity contribution in [3.05, 3.63) is 71.7 Å². The number of para-hydroxylation sites is 1. The number of aromatic nitrogens is 2. The van der Waals surface area contributed by atoms with Crippen LogP contribution < -0.4 is 0 Å². The lowest BCUT2D eigenvalue weighted by Crippen LogP contribution is -2.07. The fourth-order valence-corrected chi connectivity index (χ4v) is 2.85. The van der Waals surface area contributed by atoms with Gasteiger partial charge in [0.15, 0.2) is 0 Å². The van der Waals surface area contributed by atoms with Crippen LogP contribution in [-0.4, -0.2) is 20.9 Å². The Labute approximate surface area is 145 Å². The number of rotatable bonds is 6. The third-order valence-electron chi connectivity index (χ3n) is 4.08. The largest absolute Gasteiger partial charge is 0.478 e. The fraction of sp³-hybridized carbons (Fsp3) is 0.200. The number of hydrogen-bond acceptors (Lipinski definition) is 2. The van der Waals surface area contributed by atoms with E-state index in [2.05, 4.69) is 12.0 Å². The summed E-state index contributed by atoms with van der Waals surface area (Å²) in [5.74, 6) is -1.39. The standard InChI is InChI=1S/C20H19FN2O2/c1-2-3-9-17-18(20(24)25)19(14-10-12-15(21)13-11-14)22-23(17)16-7-5-4-6-8-16/h4-8,10-13H,2-3,9H2,1H3,(H,24,25). The maximum absolute atomic E-state index is 13.2. The average molecular weight is 338 g/mol. The van der Waals surface area contributed by atoms with Crippen LogP contribution in [0.15, 0.2) is 54.6 Å². The van der Waals surface area contributed by atoms with E-state index in [1.807, 2.05) is 30.3 Å². The molecule has 3 rings (SSSR count). The monoisotopic (exact) mass is 338 g/mol. The maximum atomic E-state index is 13.2. The molecule has 128 valence electrons. The predicted octanol–water partition coefficient (Wildman–Crippen LogP) is 4.72. The second-order valence-electron chi connectivity index (χ2n) is 5.83. The molecule has 5 heteroatoms. The van der Waals surface area contributed by atoms with E-state index in [1.165, 1.54) is 12.1 Å². The number of carbonyl (C=O) groups is 1. The zero-order chi connectivity index (χ0) is 17.8. The van der Waals surface area contributed by atoms with Crippen LogP contribution in [0.2, 0.25) is 0 Å². The Hall–Kier alpha value is -2.95. The minimum absolute atomic E-state index is 0.184. The van der Waals surface area contributed by atoms with Crippen LogP contribution in [0.5, 0.6) is 0 Å². The van der Waals surface area contributed by atoms with Crippen LogP contribution in [0.1, 0.15) is 35.8 Å². The summed E-state index contributed by atoms with van der Waals surface area (Å²) < 4.78 is 14.9. The molecule has 0 amide bonds. The second kappa shape index (κ2) is 7.30. The molecule has 0 unspecified atom stereocenters. The van der Waals surface area contributed by atoms with E-state index in [1.54, 1.807) is 16.8 Å². The van der Waals surface area contributed by atoms with Crippen molar-refractivity contribution in [1.29, 1.82) is 0 Å². The lowest BCUT2D eigenvalue weighted by atomic mass is 10.0. The van der Waals surface area contributed by atoms with Crippen molar-refractivity contribution in [2.24, 2.45) is 0 Å². The third kappa shape index (κ3) is 3.45. The van der Waals surface area contributed by atoms with E-state index in [-0.39, 0.29) is 11.4 Å². The van der Waals surface area contributed by atoms with Crippen molar-refractivity contribution in [2.75, 3.05) is 0 Å². The van der Waals surface area contributed by atoms with Crippen molar-refractivity contribution in [1.82, 2.24) is 9.78 Å². The smallest absolute Gasteiger partial charge is 0.339 e. The Morgan fingerprint density at radius 1 is 1.12 bits per heavy atom. The molecule has 2 aromatic carbocycles. The molecular formula is C20H19FN2O2. The first kappa shape index (κ1) is 16.9. The van der Waals surface area contributed by atoms with Crippen LogP contribution in [0, 0.1) is 5.82 Å². The predicted molar refractivity (Wildman–Crippen MR) is 94.5 cm³/mol. The SMILES string of the molecule is CCCCc1c(C(=O)O)c(-c2ccc(F)cc2)nn1-c1ccccc1. The van der Waals surface area contributed by atoms with Crippen LogP contribution in [0.3, 0.4) is 0 Å². The summed E-state index contributed by atoms with van der Waals surface area (Å²) in [6.07, 6.45) is 2.42. The van der Waals surface area contributed by atoms with Gasteiger partial charge in [0.05, 0.1) is 11.4 Å². The number of nitrogens with zero attached hydrogens (tertiary/aromatic N) is 2. The van der Waals surface area contributed by atoms with Gasteiger partial charge >= 0.3 is 5.97 Å². The number of halogens is 1. The van der Waals surface area contributed by atoms with Gasteiger partial charge in [0.2, 0.25) is 0 Å². The summed E-state index contributed by atoms with van der Waals surface area (Å²) in [5, 5.41) is 14.4. The normalized spacial score (nSPS) is 10.8. The van der Waals surface area contributed by atoms with Gasteiger partial charge in [0, 0.05) is 5.56 Å². The van der Waals surface area contributed by atoms with Crippen LogP contribution in [0.25, 0.3) is 16.9 Å². The van der Waals surface area contributed by atoms with Crippen LogP contribution in [0.4, 0.5) is 4.39 Å². The Bertz CT molecular complexity index is 871. The molecule has 0 bridgehead atoms. The molecule has 3 aromatic rings. The topological polar surface area (TPSA) is 55.1 Å². The van der Waals surface area contributed by atoms with Gasteiger partial charge in [-0.05, 0) is 49.2 Å². The molecule has 4 nitrogen and oxygen atoms in total. The summed E-state index contributed by atoms with van der Waals surface area (Å²) in [7, 11) is 0. The van der Waals surface area contributed by atoms with Crippen LogP contribution >= 0.6 is 0 Å². The van der Waals surface area contributed by atoms with E-state index >= 15 is 0 Å². The highest BCUT2D eigenvalue weighted by atomic mass is 19.1. The molecule has 1 aromatic heterocycles. The first-order valence-corrected chi connectivity index (χ1v) is 8.28. The molecule has 1 N–H and O–H groups in total. The quantitative estimate of drug-likeness (QED) is 0.707. The molecule has 0 aliphatic rings. The van der Waals surface area contributed by atoms with Gasteiger partial charge in [0.25, 0.3) is 0 Å². The van der Waals surface area contributed by atoms with Crippen molar-refractivity contribution in [3.63, 3.8) is 0 Å². The van der Waals surface area contributed by atoms with E-state index in [9.17, 15) is 14.3 Å². The molecule has 0 fully saturated rings. The fourth-order valence-electron chi connectivity index (χ4n) is 2.85. The number of carboxylic acids is 1. The lowest BCUT2D eigenvalue weighted by molar-refractivity contribution is 0.0696. The molecule has 0 aliphatic carbocycles. The van der Waals surface area contributed by atoms with Gasteiger partial charge in [-0.15, -0.1) is 0 Å². The maximum Gasteiger partial charge on any atom is 0.339 e. The van der Waals surface area contributed by atoms with Crippen molar-refractivity contribution in [3.8, 4) is 16.9 Å². The minimum Gasteiger partial charge on any atom is -0.478 e. The number of unbranched alkanes of at least 4 members (excludes halogenated alkanes) is 1. The summed E-state index contributed by atoms with van der Waals surface area (Å²) in [5.41, 5.74) is 2.61. The van der Waals surface area contributed by atoms with E-state index in [0.717, 1.165) is 18.5 Å². The highest BCUT2D eigenvalue weighted by Gasteiger charge is 2.24. The Morgan fingerprint density at radius 3 is 2.40 bits per heavy atom. The summed E-state index contributed by atoms with van der Waals surface area (Å²) >= 11 is 0. The van der Waals surface area contributed by atoms with Crippen molar-refractivity contribution >= 4 is 5.97 Å². The van der Waals surface area contributed by atoms with Gasteiger partial charge in [-0.2, -0.15) is 5.10 Å². The summed E-state index contributed by atoms with van der Waals surface area (Å²) in [6.45, 7) is 2.06. The Balaban J connectivity index is 2.22. The van der Waals surface area contributed by atoms with Gasteiger partial charge in [0.1, 0.15) is 17.1 Å². The number of carboxylic acid groups (broad SMARTS) is 1. The van der Waals surface area contributed by atoms with E-state index in [0.29, 0.717) is 23.4 Å². The number of aromatic carboxylic acids is 1. The van der Waals surface area contributed by atoms with Gasteiger partial charge in [-0.25, -0.2) is 13.9 Å². The third-order valence-corrected chi connectivity index (χ3v) is 4.08. The minimum atomic E-state index is -1.02. The molecule has 1 heterocycles. The Kier molecular flexibility index (Phi) is 4.93. The van der Waals surface area contributed by atoms with E-state index in [4.69, 9.17) is 0 Å². The molecule has 0 saturated heterocycles. The average Bonchev–Trinajstić information content (AvgIpc) is 3.01. The van der Waals surface area contributed by atoms with Gasteiger partial charge in [-0.1, -0.05) is 31.5 Å². The van der Waals surface area contributed by atoms with Gasteiger partial charge < -0.3 is 5.11 Å². The zero-order valence-corrected chi connectivity index (χ0v) is 13.9. The van der Waals surface area contributed by atoms with Crippen molar-refractivity contribution < 1.29 is 14.3 Å². The molecule has 0 saturated carbocycles. The second-order valence-corrected chi connectivity index (χ2v) is 5.83. The van der Waals surface area contributed by atoms with E-state index < -0.39 is 5.97 Å². The molecule has 0 spiro atoms. The molecule has 0 radical (unpaired) electrons. The zero-order valence-electron chi connectivity index (χ0n) is 13.9. The molecule has 0 aliphatic heterocycles. The lowest BCUT2D eigenvalue weighted by Gasteiger charge is -2.07.